The van der Waals surface area contributed by atoms with Crippen molar-refractivity contribution < 1.29 is 14.6 Å². The summed E-state index contributed by atoms with van der Waals surface area (Å²) in [4.78, 5) is 14.1. The van der Waals surface area contributed by atoms with Crippen molar-refractivity contribution in [1.29, 1.82) is 0 Å². The number of benzene rings is 1. The molecule has 1 aromatic carbocycles. The van der Waals surface area contributed by atoms with Gasteiger partial charge in [0.1, 0.15) is 0 Å². The molecule has 1 aromatic rings. The lowest BCUT2D eigenvalue weighted by Gasteiger charge is -2.27. The Morgan fingerprint density at radius 1 is 1.35 bits per heavy atom. The Morgan fingerprint density at radius 3 is 2.85 bits per heavy atom. The highest BCUT2D eigenvalue weighted by Crippen LogP contribution is 2.26. The molecule has 20 heavy (non-hydrogen) atoms. The van der Waals surface area contributed by atoms with Crippen molar-refractivity contribution in [3.05, 3.63) is 29.8 Å². The second kappa shape index (κ2) is 6.86. The number of aliphatic hydroxyl groups excluding tert-OH is 1. The molecule has 1 atom stereocenters. The van der Waals surface area contributed by atoms with Crippen LogP contribution < -0.4 is 4.90 Å². The largest absolute Gasteiger partial charge is 0.389 e. The molecule has 1 aliphatic heterocycles. The van der Waals surface area contributed by atoms with Gasteiger partial charge in [-0.2, -0.15) is 0 Å². The molecule has 0 aromatic heterocycles. The molecule has 0 saturated heterocycles. The summed E-state index contributed by atoms with van der Waals surface area (Å²) < 4.78 is 5.44. The van der Waals surface area contributed by atoms with Crippen molar-refractivity contribution in [3.8, 4) is 0 Å². The molecule has 1 heterocycles. The maximum Gasteiger partial charge on any atom is 0.165 e. The quantitative estimate of drug-likeness (QED) is 0.897. The maximum absolute atomic E-state index is 12.0. The highest BCUT2D eigenvalue weighted by Gasteiger charge is 2.22. The van der Waals surface area contributed by atoms with Crippen LogP contribution in [-0.2, 0) is 4.74 Å². The zero-order valence-electron chi connectivity index (χ0n) is 12.2. The third-order valence-electron chi connectivity index (χ3n) is 3.43. The molecule has 0 fully saturated rings. The predicted octanol–water partition coefficient (Wildman–Crippen LogP) is 2.26. The molecule has 1 unspecified atom stereocenters. The molecule has 1 N–H and O–H groups in total. The number of carbonyl (C=O) groups excluding carboxylic acids is 1. The minimum Gasteiger partial charge on any atom is -0.389 e. The van der Waals surface area contributed by atoms with Gasteiger partial charge in [0.05, 0.1) is 18.8 Å². The van der Waals surface area contributed by atoms with Crippen molar-refractivity contribution in [2.24, 2.45) is 0 Å². The third kappa shape index (κ3) is 3.81. The summed E-state index contributed by atoms with van der Waals surface area (Å²) in [5, 5.41) is 10.1. The predicted molar refractivity (Wildman–Crippen MR) is 79.3 cm³/mol. The van der Waals surface area contributed by atoms with E-state index in [4.69, 9.17) is 4.74 Å². The lowest BCUT2D eigenvalue weighted by Crippen LogP contribution is -2.36. The van der Waals surface area contributed by atoms with Crippen LogP contribution in [0.15, 0.2) is 24.3 Å². The number of carbonyl (C=O) groups is 1. The Kier molecular flexibility index (Phi) is 5.15. The van der Waals surface area contributed by atoms with Gasteiger partial charge < -0.3 is 14.7 Å². The van der Waals surface area contributed by atoms with Crippen LogP contribution in [-0.4, -0.2) is 42.8 Å². The van der Waals surface area contributed by atoms with Gasteiger partial charge in [-0.1, -0.05) is 12.1 Å². The summed E-state index contributed by atoms with van der Waals surface area (Å²) in [5.41, 5.74) is 1.69. The van der Waals surface area contributed by atoms with Gasteiger partial charge in [0.25, 0.3) is 0 Å². The van der Waals surface area contributed by atoms with E-state index in [2.05, 4.69) is 4.90 Å². The lowest BCUT2D eigenvalue weighted by molar-refractivity contribution is 0.00890. The van der Waals surface area contributed by atoms with E-state index < -0.39 is 6.10 Å². The molecule has 0 amide bonds. The number of aliphatic hydroxyl groups is 1. The number of rotatable bonds is 5. The monoisotopic (exact) mass is 277 g/mol. The van der Waals surface area contributed by atoms with Crippen molar-refractivity contribution >= 4 is 11.5 Å². The average Bonchev–Trinajstić information content (AvgIpc) is 2.58. The molecule has 110 valence electrons. The van der Waals surface area contributed by atoms with Gasteiger partial charge in [0.15, 0.2) is 5.78 Å². The van der Waals surface area contributed by atoms with Crippen molar-refractivity contribution in [2.45, 2.75) is 38.9 Å². The Labute approximate surface area is 120 Å². The zero-order chi connectivity index (χ0) is 14.5. The van der Waals surface area contributed by atoms with Crippen LogP contribution in [0.3, 0.4) is 0 Å². The zero-order valence-corrected chi connectivity index (χ0v) is 12.2. The Hall–Kier alpha value is -1.39. The van der Waals surface area contributed by atoms with Gasteiger partial charge in [0, 0.05) is 30.8 Å². The van der Waals surface area contributed by atoms with Crippen molar-refractivity contribution in [3.63, 3.8) is 0 Å². The summed E-state index contributed by atoms with van der Waals surface area (Å²) in [6.45, 7) is 5.52. The topological polar surface area (TPSA) is 49.8 Å². The SMILES string of the molecule is CC(C)OCC(O)CN1CCCC(=O)c2ccccc21. The fourth-order valence-electron chi connectivity index (χ4n) is 2.47. The molecule has 1 aliphatic rings. The molecule has 0 bridgehead atoms. The van der Waals surface area contributed by atoms with Gasteiger partial charge in [-0.05, 0) is 32.4 Å². The Balaban J connectivity index is 2.07. The number of β-amino-alcohol motifs (C(OH)–C–C–N with tert-alkyl or cyclic N) is 1. The first-order valence-electron chi connectivity index (χ1n) is 7.24. The first-order valence-corrected chi connectivity index (χ1v) is 7.24. The summed E-state index contributed by atoms with van der Waals surface area (Å²) in [6.07, 6.45) is 0.971. The highest BCUT2D eigenvalue weighted by molar-refractivity contribution is 6.01. The second-order valence-corrected chi connectivity index (χ2v) is 5.53. The van der Waals surface area contributed by atoms with Crippen LogP contribution in [0.1, 0.15) is 37.0 Å². The maximum atomic E-state index is 12.0. The fraction of sp³-hybridized carbons (Fsp3) is 0.562. The molecule has 0 radical (unpaired) electrons. The molecule has 0 saturated carbocycles. The van der Waals surface area contributed by atoms with Crippen LogP contribution in [0, 0.1) is 0 Å². The lowest BCUT2D eigenvalue weighted by atomic mass is 10.1. The molecule has 4 heteroatoms. The Bertz CT molecular complexity index is 459. The molecular weight excluding hydrogens is 254 g/mol. The van der Waals surface area contributed by atoms with E-state index in [-0.39, 0.29) is 11.9 Å². The molecule has 4 nitrogen and oxygen atoms in total. The summed E-state index contributed by atoms with van der Waals surface area (Å²) >= 11 is 0. The number of ketones is 1. The van der Waals surface area contributed by atoms with E-state index in [0.29, 0.717) is 19.6 Å². The molecular formula is C16H23NO3. The number of hydrogen-bond acceptors (Lipinski definition) is 4. The highest BCUT2D eigenvalue weighted by atomic mass is 16.5. The van der Waals surface area contributed by atoms with E-state index >= 15 is 0 Å². The van der Waals surface area contributed by atoms with E-state index in [1.807, 2.05) is 38.1 Å². The number of hydrogen-bond donors (Lipinski definition) is 1. The number of ether oxygens (including phenoxy) is 1. The first kappa shape index (κ1) is 15.0. The number of nitrogens with zero attached hydrogens (tertiary/aromatic N) is 1. The van der Waals surface area contributed by atoms with Gasteiger partial charge in [-0.15, -0.1) is 0 Å². The summed E-state index contributed by atoms with van der Waals surface area (Å²) in [7, 11) is 0. The normalized spacial score (nSPS) is 17.0. The summed E-state index contributed by atoms with van der Waals surface area (Å²) in [6, 6.07) is 7.64. The number of para-hydroxylation sites is 1. The minimum absolute atomic E-state index is 0.114. The van der Waals surface area contributed by atoms with E-state index in [0.717, 1.165) is 24.2 Å². The second-order valence-electron chi connectivity index (χ2n) is 5.53. The van der Waals surface area contributed by atoms with E-state index in [9.17, 15) is 9.90 Å². The first-order chi connectivity index (χ1) is 9.58. The minimum atomic E-state index is -0.543. The standard InChI is InChI=1S/C16H23NO3/c1-12(2)20-11-13(18)10-17-9-5-8-16(19)14-6-3-4-7-15(14)17/h3-4,6-7,12-13,18H,5,8-11H2,1-2H3. The number of anilines is 1. The van der Waals surface area contributed by atoms with Crippen molar-refractivity contribution in [2.75, 3.05) is 24.6 Å². The van der Waals surface area contributed by atoms with Crippen LogP contribution in [0.25, 0.3) is 0 Å². The Morgan fingerprint density at radius 2 is 2.10 bits per heavy atom. The van der Waals surface area contributed by atoms with E-state index in [1.165, 1.54) is 0 Å². The molecule has 0 spiro atoms. The van der Waals surface area contributed by atoms with Crippen LogP contribution in [0.2, 0.25) is 0 Å². The number of fused-ring (bicyclic) bond motifs is 1. The van der Waals surface area contributed by atoms with Crippen molar-refractivity contribution in [1.82, 2.24) is 0 Å². The number of Topliss-reactive ketones (excluding diaryl/α,β-unsaturated/α-hetero) is 1. The molecule has 0 aliphatic carbocycles. The van der Waals surface area contributed by atoms with E-state index in [1.54, 1.807) is 0 Å². The van der Waals surface area contributed by atoms with Gasteiger partial charge in [-0.3, -0.25) is 4.79 Å². The third-order valence-corrected chi connectivity index (χ3v) is 3.43. The van der Waals surface area contributed by atoms with Crippen LogP contribution >= 0.6 is 0 Å². The van der Waals surface area contributed by atoms with Gasteiger partial charge in [-0.25, -0.2) is 0 Å². The van der Waals surface area contributed by atoms with Gasteiger partial charge in [0.2, 0.25) is 0 Å². The average molecular weight is 277 g/mol. The smallest absolute Gasteiger partial charge is 0.165 e. The summed E-state index contributed by atoms with van der Waals surface area (Å²) in [5.74, 6) is 0.191. The van der Waals surface area contributed by atoms with Crippen LogP contribution in [0.5, 0.6) is 0 Å². The molecule has 2 rings (SSSR count). The van der Waals surface area contributed by atoms with Gasteiger partial charge >= 0.3 is 0 Å². The fourth-order valence-corrected chi connectivity index (χ4v) is 2.47. The van der Waals surface area contributed by atoms with Crippen LogP contribution in [0.4, 0.5) is 5.69 Å².